The van der Waals surface area contributed by atoms with Gasteiger partial charge in [-0.05, 0) is 11.5 Å². The van der Waals surface area contributed by atoms with Crippen LogP contribution in [-0.4, -0.2) is 20.7 Å². The zero-order valence-electron chi connectivity index (χ0n) is 12.7. The summed E-state index contributed by atoms with van der Waals surface area (Å²) in [5.41, 5.74) is 0.995. The van der Waals surface area contributed by atoms with Gasteiger partial charge in [0.2, 0.25) is 0 Å². The lowest BCUT2D eigenvalue weighted by molar-refractivity contribution is -0.148. The van der Waals surface area contributed by atoms with E-state index in [1.165, 1.54) is 6.33 Å². The van der Waals surface area contributed by atoms with E-state index in [4.69, 9.17) is 4.74 Å². The third kappa shape index (κ3) is 3.68. The average Bonchev–Trinajstić information content (AvgIpc) is 2.91. The lowest BCUT2D eigenvalue weighted by atomic mass is 9.86. The summed E-state index contributed by atoms with van der Waals surface area (Å²) in [5, 5.41) is 3.96. The van der Waals surface area contributed by atoms with Crippen LogP contribution in [0, 0.1) is 5.92 Å². The highest BCUT2D eigenvalue weighted by atomic mass is 16.5. The third-order valence-corrected chi connectivity index (χ3v) is 3.77. The molecular formula is C16H21N3O2. The van der Waals surface area contributed by atoms with Gasteiger partial charge in [-0.1, -0.05) is 50.6 Å². The highest BCUT2D eigenvalue weighted by molar-refractivity contribution is 5.78. The SMILES string of the molecule is CC[C@@H](C)[C@@H](C(=O)OCc1ncnn1C)c1ccccc1. The molecule has 1 aromatic carbocycles. The van der Waals surface area contributed by atoms with Gasteiger partial charge in [-0.25, -0.2) is 4.98 Å². The van der Waals surface area contributed by atoms with Crippen molar-refractivity contribution in [2.24, 2.45) is 13.0 Å². The van der Waals surface area contributed by atoms with Gasteiger partial charge in [-0.3, -0.25) is 9.48 Å². The van der Waals surface area contributed by atoms with Crippen molar-refractivity contribution in [2.75, 3.05) is 0 Å². The molecule has 0 aliphatic heterocycles. The number of hydrogen-bond donors (Lipinski definition) is 0. The first-order chi connectivity index (χ1) is 10.1. The van der Waals surface area contributed by atoms with Crippen LogP contribution < -0.4 is 0 Å². The zero-order chi connectivity index (χ0) is 15.2. The normalized spacial score (nSPS) is 13.7. The van der Waals surface area contributed by atoms with Crippen LogP contribution in [0.15, 0.2) is 36.7 Å². The Morgan fingerprint density at radius 2 is 2.05 bits per heavy atom. The summed E-state index contributed by atoms with van der Waals surface area (Å²) in [6, 6.07) is 9.78. The molecule has 2 rings (SSSR count). The second-order valence-electron chi connectivity index (χ2n) is 5.18. The Labute approximate surface area is 125 Å². The summed E-state index contributed by atoms with van der Waals surface area (Å²) in [7, 11) is 1.78. The first-order valence-electron chi connectivity index (χ1n) is 7.18. The molecule has 0 saturated carbocycles. The van der Waals surface area contributed by atoms with E-state index in [1.54, 1.807) is 11.7 Å². The van der Waals surface area contributed by atoms with Crippen LogP contribution in [0.4, 0.5) is 0 Å². The molecule has 0 unspecified atom stereocenters. The molecule has 0 aliphatic rings. The Kier molecular flexibility index (Phi) is 5.09. The number of benzene rings is 1. The van der Waals surface area contributed by atoms with E-state index in [-0.39, 0.29) is 24.4 Å². The van der Waals surface area contributed by atoms with Crippen molar-refractivity contribution < 1.29 is 9.53 Å². The van der Waals surface area contributed by atoms with E-state index in [0.29, 0.717) is 5.82 Å². The van der Waals surface area contributed by atoms with Gasteiger partial charge in [0.05, 0.1) is 5.92 Å². The van der Waals surface area contributed by atoms with Crippen molar-refractivity contribution in [3.63, 3.8) is 0 Å². The molecule has 0 aliphatic carbocycles. The summed E-state index contributed by atoms with van der Waals surface area (Å²) in [6.07, 6.45) is 2.37. The van der Waals surface area contributed by atoms with Gasteiger partial charge in [0.15, 0.2) is 12.4 Å². The van der Waals surface area contributed by atoms with Crippen LogP contribution in [0.1, 0.15) is 37.6 Å². The summed E-state index contributed by atoms with van der Waals surface area (Å²) in [5.74, 6) is 0.404. The second-order valence-corrected chi connectivity index (χ2v) is 5.18. The Hall–Kier alpha value is -2.17. The van der Waals surface area contributed by atoms with Gasteiger partial charge in [-0.2, -0.15) is 5.10 Å². The third-order valence-electron chi connectivity index (χ3n) is 3.77. The highest BCUT2D eigenvalue weighted by Gasteiger charge is 2.27. The Morgan fingerprint density at radius 3 is 2.62 bits per heavy atom. The van der Waals surface area contributed by atoms with Crippen LogP contribution in [0.3, 0.4) is 0 Å². The largest absolute Gasteiger partial charge is 0.457 e. The second kappa shape index (κ2) is 7.02. The van der Waals surface area contributed by atoms with Gasteiger partial charge < -0.3 is 4.74 Å². The standard InChI is InChI=1S/C16H21N3O2/c1-4-12(2)15(13-8-6-5-7-9-13)16(20)21-10-14-17-11-18-19(14)3/h5-9,11-12,15H,4,10H2,1-3H3/t12-,15-/m1/s1. The molecule has 1 heterocycles. The molecule has 2 atom stereocenters. The van der Waals surface area contributed by atoms with Crippen molar-refractivity contribution in [3.8, 4) is 0 Å². The number of carbonyl (C=O) groups is 1. The highest BCUT2D eigenvalue weighted by Crippen LogP contribution is 2.28. The van der Waals surface area contributed by atoms with Crippen molar-refractivity contribution in [3.05, 3.63) is 48.0 Å². The lowest BCUT2D eigenvalue weighted by Gasteiger charge is -2.21. The Balaban J connectivity index is 2.10. The first-order valence-corrected chi connectivity index (χ1v) is 7.18. The van der Waals surface area contributed by atoms with Crippen molar-refractivity contribution in [1.29, 1.82) is 0 Å². The molecule has 0 bridgehead atoms. The molecule has 0 radical (unpaired) electrons. The number of ether oxygens (including phenoxy) is 1. The number of nitrogens with zero attached hydrogens (tertiary/aromatic N) is 3. The van der Waals surface area contributed by atoms with Crippen LogP contribution in [0.25, 0.3) is 0 Å². The minimum atomic E-state index is -0.246. The zero-order valence-corrected chi connectivity index (χ0v) is 12.7. The van der Waals surface area contributed by atoms with E-state index >= 15 is 0 Å². The van der Waals surface area contributed by atoms with Crippen LogP contribution >= 0.6 is 0 Å². The van der Waals surface area contributed by atoms with Crippen LogP contribution in [0.5, 0.6) is 0 Å². The van der Waals surface area contributed by atoms with Crippen LogP contribution in [-0.2, 0) is 23.2 Å². The summed E-state index contributed by atoms with van der Waals surface area (Å²) >= 11 is 0. The topological polar surface area (TPSA) is 57.0 Å². The first kappa shape index (κ1) is 15.2. The quantitative estimate of drug-likeness (QED) is 0.766. The van der Waals surface area contributed by atoms with E-state index < -0.39 is 0 Å². The smallest absolute Gasteiger partial charge is 0.314 e. The molecule has 2 aromatic rings. The van der Waals surface area contributed by atoms with Crippen LogP contribution in [0.2, 0.25) is 0 Å². The lowest BCUT2D eigenvalue weighted by Crippen LogP contribution is -2.22. The monoisotopic (exact) mass is 287 g/mol. The number of rotatable bonds is 6. The average molecular weight is 287 g/mol. The number of esters is 1. The molecule has 5 heteroatoms. The Bertz CT molecular complexity index is 580. The van der Waals surface area contributed by atoms with E-state index in [9.17, 15) is 4.79 Å². The van der Waals surface area contributed by atoms with Crippen molar-refractivity contribution >= 4 is 5.97 Å². The van der Waals surface area contributed by atoms with Gasteiger partial charge in [-0.15, -0.1) is 0 Å². The Morgan fingerprint density at radius 1 is 1.33 bits per heavy atom. The molecule has 5 nitrogen and oxygen atoms in total. The van der Waals surface area contributed by atoms with Gasteiger partial charge in [0.1, 0.15) is 6.33 Å². The predicted molar refractivity (Wildman–Crippen MR) is 79.4 cm³/mol. The minimum Gasteiger partial charge on any atom is -0.457 e. The minimum absolute atomic E-state index is 0.148. The van der Waals surface area contributed by atoms with Gasteiger partial charge >= 0.3 is 5.97 Å². The molecule has 21 heavy (non-hydrogen) atoms. The fourth-order valence-corrected chi connectivity index (χ4v) is 2.27. The summed E-state index contributed by atoms with van der Waals surface area (Å²) in [4.78, 5) is 16.5. The van der Waals surface area contributed by atoms with E-state index in [2.05, 4.69) is 23.9 Å². The maximum absolute atomic E-state index is 12.5. The molecule has 0 N–H and O–H groups in total. The maximum Gasteiger partial charge on any atom is 0.314 e. The van der Waals surface area contributed by atoms with Crippen molar-refractivity contribution in [1.82, 2.24) is 14.8 Å². The van der Waals surface area contributed by atoms with E-state index in [0.717, 1.165) is 12.0 Å². The molecule has 112 valence electrons. The van der Waals surface area contributed by atoms with Crippen molar-refractivity contribution in [2.45, 2.75) is 32.8 Å². The number of aryl methyl sites for hydroxylation is 1. The molecule has 1 aromatic heterocycles. The molecule has 0 amide bonds. The number of carbonyl (C=O) groups excluding carboxylic acids is 1. The molecular weight excluding hydrogens is 266 g/mol. The number of hydrogen-bond acceptors (Lipinski definition) is 4. The maximum atomic E-state index is 12.5. The molecule has 0 spiro atoms. The van der Waals surface area contributed by atoms with Gasteiger partial charge in [0.25, 0.3) is 0 Å². The molecule has 0 saturated heterocycles. The summed E-state index contributed by atoms with van der Waals surface area (Å²) in [6.45, 7) is 4.30. The fourth-order valence-electron chi connectivity index (χ4n) is 2.27. The van der Waals surface area contributed by atoms with Gasteiger partial charge in [0, 0.05) is 7.05 Å². The molecule has 0 fully saturated rings. The number of aromatic nitrogens is 3. The van der Waals surface area contributed by atoms with E-state index in [1.807, 2.05) is 30.3 Å². The predicted octanol–water partition coefficient (Wildman–Crippen LogP) is 2.69. The fraction of sp³-hybridized carbons (Fsp3) is 0.438. The summed E-state index contributed by atoms with van der Waals surface area (Å²) < 4.78 is 7.05.